The van der Waals surface area contributed by atoms with E-state index < -0.39 is 0 Å². The molecule has 2 amide bonds. The van der Waals surface area contributed by atoms with Crippen molar-refractivity contribution in [3.05, 3.63) is 29.8 Å². The Bertz CT molecular complexity index is 558. The van der Waals surface area contributed by atoms with E-state index in [1.807, 2.05) is 29.2 Å². The SMILES string of the molecule is COc1cccc(C2CCCN2C(=O)C2CNC(=O)C2)c1. The average molecular weight is 288 g/mol. The number of nitrogens with one attached hydrogen (secondary N) is 1. The molecule has 0 aromatic heterocycles. The fourth-order valence-electron chi connectivity index (χ4n) is 3.24. The Morgan fingerprint density at radius 2 is 2.29 bits per heavy atom. The Morgan fingerprint density at radius 3 is 3.00 bits per heavy atom. The molecule has 1 aromatic rings. The monoisotopic (exact) mass is 288 g/mol. The van der Waals surface area contributed by atoms with Gasteiger partial charge in [-0.05, 0) is 30.5 Å². The van der Waals surface area contributed by atoms with Crippen molar-refractivity contribution in [2.24, 2.45) is 5.92 Å². The maximum atomic E-state index is 12.6. The van der Waals surface area contributed by atoms with E-state index in [0.29, 0.717) is 13.0 Å². The number of benzene rings is 1. The van der Waals surface area contributed by atoms with Crippen LogP contribution in [-0.2, 0) is 9.59 Å². The van der Waals surface area contributed by atoms with Crippen molar-refractivity contribution in [3.8, 4) is 5.75 Å². The van der Waals surface area contributed by atoms with Gasteiger partial charge in [0, 0.05) is 19.5 Å². The van der Waals surface area contributed by atoms with Crippen molar-refractivity contribution in [1.29, 1.82) is 0 Å². The predicted octanol–water partition coefficient (Wildman–Crippen LogP) is 1.49. The summed E-state index contributed by atoms with van der Waals surface area (Å²) < 4.78 is 5.27. The third-order valence-electron chi connectivity index (χ3n) is 4.34. The van der Waals surface area contributed by atoms with Gasteiger partial charge in [0.2, 0.25) is 11.8 Å². The summed E-state index contributed by atoms with van der Waals surface area (Å²) in [4.78, 5) is 25.9. The van der Waals surface area contributed by atoms with E-state index >= 15 is 0 Å². The molecule has 0 bridgehead atoms. The van der Waals surface area contributed by atoms with Crippen LogP contribution in [0.2, 0.25) is 0 Å². The van der Waals surface area contributed by atoms with Crippen molar-refractivity contribution in [1.82, 2.24) is 10.2 Å². The number of ether oxygens (including phenoxy) is 1. The van der Waals surface area contributed by atoms with Crippen LogP contribution in [0.25, 0.3) is 0 Å². The number of hydrogen-bond donors (Lipinski definition) is 1. The Morgan fingerprint density at radius 1 is 1.43 bits per heavy atom. The maximum absolute atomic E-state index is 12.6. The van der Waals surface area contributed by atoms with Crippen molar-refractivity contribution in [2.45, 2.75) is 25.3 Å². The van der Waals surface area contributed by atoms with Gasteiger partial charge in [0.05, 0.1) is 19.1 Å². The van der Waals surface area contributed by atoms with E-state index in [4.69, 9.17) is 4.74 Å². The summed E-state index contributed by atoms with van der Waals surface area (Å²) in [6.07, 6.45) is 2.29. The summed E-state index contributed by atoms with van der Waals surface area (Å²) >= 11 is 0. The minimum atomic E-state index is -0.205. The first-order valence-corrected chi connectivity index (χ1v) is 7.40. The summed E-state index contributed by atoms with van der Waals surface area (Å²) in [6.45, 7) is 1.24. The van der Waals surface area contributed by atoms with E-state index in [1.165, 1.54) is 0 Å². The highest BCUT2D eigenvalue weighted by molar-refractivity contribution is 5.89. The van der Waals surface area contributed by atoms with Gasteiger partial charge in [-0.3, -0.25) is 9.59 Å². The molecule has 21 heavy (non-hydrogen) atoms. The molecule has 0 spiro atoms. The largest absolute Gasteiger partial charge is 0.497 e. The Hall–Kier alpha value is -2.04. The minimum Gasteiger partial charge on any atom is -0.497 e. The van der Waals surface area contributed by atoms with Gasteiger partial charge < -0.3 is 15.0 Å². The number of amides is 2. The molecule has 5 heteroatoms. The van der Waals surface area contributed by atoms with Crippen LogP contribution < -0.4 is 10.1 Å². The van der Waals surface area contributed by atoms with Crippen molar-refractivity contribution in [3.63, 3.8) is 0 Å². The van der Waals surface area contributed by atoms with Crippen LogP contribution in [0, 0.1) is 5.92 Å². The van der Waals surface area contributed by atoms with Gasteiger partial charge in [-0.1, -0.05) is 12.1 Å². The maximum Gasteiger partial charge on any atom is 0.228 e. The first kappa shape index (κ1) is 13.9. The average Bonchev–Trinajstić information content (AvgIpc) is 3.15. The van der Waals surface area contributed by atoms with Crippen LogP contribution in [-0.4, -0.2) is 36.9 Å². The molecule has 2 aliphatic heterocycles. The van der Waals surface area contributed by atoms with Crippen LogP contribution in [0.4, 0.5) is 0 Å². The number of likely N-dealkylation sites (tertiary alicyclic amines) is 1. The van der Waals surface area contributed by atoms with Crippen LogP contribution in [0.5, 0.6) is 5.75 Å². The van der Waals surface area contributed by atoms with E-state index in [-0.39, 0.29) is 23.8 Å². The number of hydrogen-bond acceptors (Lipinski definition) is 3. The highest BCUT2D eigenvalue weighted by Gasteiger charge is 2.37. The lowest BCUT2D eigenvalue weighted by Crippen LogP contribution is -2.36. The number of rotatable bonds is 3. The highest BCUT2D eigenvalue weighted by atomic mass is 16.5. The summed E-state index contributed by atoms with van der Waals surface area (Å²) in [6, 6.07) is 7.99. The molecule has 2 fully saturated rings. The smallest absolute Gasteiger partial charge is 0.228 e. The van der Waals surface area contributed by atoms with Gasteiger partial charge in [0.1, 0.15) is 5.75 Å². The Kier molecular flexibility index (Phi) is 3.82. The summed E-state index contributed by atoms with van der Waals surface area (Å²) in [5, 5.41) is 2.74. The van der Waals surface area contributed by atoms with Crippen molar-refractivity contribution >= 4 is 11.8 Å². The molecule has 1 N–H and O–H groups in total. The molecule has 112 valence electrons. The lowest BCUT2D eigenvalue weighted by molar-refractivity contribution is -0.136. The molecular weight excluding hydrogens is 268 g/mol. The summed E-state index contributed by atoms with van der Waals surface area (Å²) in [7, 11) is 1.65. The predicted molar refractivity (Wildman–Crippen MR) is 77.8 cm³/mol. The van der Waals surface area contributed by atoms with Crippen molar-refractivity contribution < 1.29 is 14.3 Å². The van der Waals surface area contributed by atoms with E-state index in [2.05, 4.69) is 5.32 Å². The normalized spacial score (nSPS) is 25.0. The van der Waals surface area contributed by atoms with Gasteiger partial charge in [-0.2, -0.15) is 0 Å². The van der Waals surface area contributed by atoms with Crippen molar-refractivity contribution in [2.75, 3.05) is 20.2 Å². The molecule has 2 atom stereocenters. The third kappa shape index (κ3) is 2.73. The Balaban J connectivity index is 1.78. The molecule has 2 unspecified atom stereocenters. The number of nitrogens with zero attached hydrogens (tertiary/aromatic N) is 1. The van der Waals surface area contributed by atoms with Gasteiger partial charge in [-0.25, -0.2) is 0 Å². The molecule has 2 saturated heterocycles. The Labute approximate surface area is 124 Å². The fourth-order valence-corrected chi connectivity index (χ4v) is 3.24. The fraction of sp³-hybridized carbons (Fsp3) is 0.500. The number of methoxy groups -OCH3 is 1. The summed E-state index contributed by atoms with van der Waals surface area (Å²) in [5.74, 6) is 0.678. The van der Waals surface area contributed by atoms with Crippen LogP contribution in [0.3, 0.4) is 0 Å². The van der Waals surface area contributed by atoms with Gasteiger partial charge in [-0.15, -0.1) is 0 Å². The molecule has 2 aliphatic rings. The molecule has 5 nitrogen and oxygen atoms in total. The van der Waals surface area contributed by atoms with E-state index in [9.17, 15) is 9.59 Å². The lowest BCUT2D eigenvalue weighted by Gasteiger charge is -2.27. The highest BCUT2D eigenvalue weighted by Crippen LogP contribution is 2.35. The number of carbonyl (C=O) groups excluding carboxylic acids is 2. The number of carbonyl (C=O) groups is 2. The van der Waals surface area contributed by atoms with Gasteiger partial charge >= 0.3 is 0 Å². The molecule has 3 rings (SSSR count). The molecule has 0 saturated carbocycles. The second-order valence-electron chi connectivity index (χ2n) is 5.67. The van der Waals surface area contributed by atoms with Gasteiger partial charge in [0.25, 0.3) is 0 Å². The lowest BCUT2D eigenvalue weighted by atomic mass is 10.0. The van der Waals surface area contributed by atoms with Crippen LogP contribution in [0.1, 0.15) is 30.9 Å². The second kappa shape index (κ2) is 5.76. The first-order valence-electron chi connectivity index (χ1n) is 7.40. The molecule has 1 aromatic carbocycles. The minimum absolute atomic E-state index is 0.0227. The second-order valence-corrected chi connectivity index (χ2v) is 5.67. The van der Waals surface area contributed by atoms with Crippen LogP contribution in [0.15, 0.2) is 24.3 Å². The summed E-state index contributed by atoms with van der Waals surface area (Å²) in [5.41, 5.74) is 1.11. The zero-order valence-corrected chi connectivity index (χ0v) is 12.2. The van der Waals surface area contributed by atoms with Crippen LogP contribution >= 0.6 is 0 Å². The molecule has 0 aliphatic carbocycles. The van der Waals surface area contributed by atoms with E-state index in [1.54, 1.807) is 7.11 Å². The molecular formula is C16H20N2O3. The van der Waals surface area contributed by atoms with E-state index in [0.717, 1.165) is 30.7 Å². The zero-order valence-electron chi connectivity index (χ0n) is 12.2. The topological polar surface area (TPSA) is 58.6 Å². The quantitative estimate of drug-likeness (QED) is 0.917. The zero-order chi connectivity index (χ0) is 14.8. The standard InChI is InChI=1S/C16H20N2O3/c1-21-13-5-2-4-11(8-13)14-6-3-7-18(14)16(20)12-9-15(19)17-10-12/h2,4-5,8,12,14H,3,6-7,9-10H2,1H3,(H,17,19). The first-order chi connectivity index (χ1) is 10.2. The molecule has 2 heterocycles. The van der Waals surface area contributed by atoms with Gasteiger partial charge in [0.15, 0.2) is 0 Å². The third-order valence-corrected chi connectivity index (χ3v) is 4.34. The molecule has 0 radical (unpaired) electrons.